The number of rotatable bonds is 5. The standard InChI is InChI=1S/C10H19NO2/c1-5-7-13-8-6-9(12)11-10(2,3)4/h5H,1,6-8H2,2-4H3,(H,11,12). The van der Waals surface area contributed by atoms with Crippen molar-refractivity contribution in [2.75, 3.05) is 13.2 Å². The molecule has 0 spiro atoms. The van der Waals surface area contributed by atoms with Crippen LogP contribution in [0.2, 0.25) is 0 Å². The second kappa shape index (κ2) is 5.75. The van der Waals surface area contributed by atoms with E-state index in [1.807, 2.05) is 20.8 Å². The Balaban J connectivity index is 3.47. The summed E-state index contributed by atoms with van der Waals surface area (Å²) in [6.07, 6.45) is 2.08. The Kier molecular flexibility index (Phi) is 5.39. The van der Waals surface area contributed by atoms with Crippen LogP contribution in [0.15, 0.2) is 12.7 Å². The summed E-state index contributed by atoms with van der Waals surface area (Å²) in [7, 11) is 0. The summed E-state index contributed by atoms with van der Waals surface area (Å²) in [6.45, 7) is 10.3. The van der Waals surface area contributed by atoms with Gasteiger partial charge in [-0.2, -0.15) is 0 Å². The van der Waals surface area contributed by atoms with Gasteiger partial charge in [0.2, 0.25) is 5.91 Å². The highest BCUT2D eigenvalue weighted by Crippen LogP contribution is 1.98. The van der Waals surface area contributed by atoms with Crippen molar-refractivity contribution in [3.8, 4) is 0 Å². The molecule has 0 rings (SSSR count). The van der Waals surface area contributed by atoms with E-state index in [4.69, 9.17) is 4.74 Å². The largest absolute Gasteiger partial charge is 0.377 e. The molecule has 0 fully saturated rings. The van der Waals surface area contributed by atoms with Crippen molar-refractivity contribution < 1.29 is 9.53 Å². The minimum absolute atomic E-state index is 0.0246. The molecule has 0 aromatic rings. The smallest absolute Gasteiger partial charge is 0.222 e. The van der Waals surface area contributed by atoms with Crippen LogP contribution < -0.4 is 5.32 Å². The van der Waals surface area contributed by atoms with Gasteiger partial charge in [-0.3, -0.25) is 4.79 Å². The van der Waals surface area contributed by atoms with Gasteiger partial charge in [-0.1, -0.05) is 6.08 Å². The third kappa shape index (κ3) is 9.08. The van der Waals surface area contributed by atoms with Crippen LogP contribution in [0.3, 0.4) is 0 Å². The Bertz CT molecular complexity index is 170. The van der Waals surface area contributed by atoms with Gasteiger partial charge in [0.25, 0.3) is 0 Å². The van der Waals surface area contributed by atoms with E-state index < -0.39 is 0 Å². The van der Waals surface area contributed by atoms with Gasteiger partial charge < -0.3 is 10.1 Å². The number of amides is 1. The molecule has 1 amide bonds. The maximum absolute atomic E-state index is 11.2. The van der Waals surface area contributed by atoms with Crippen LogP contribution in [-0.4, -0.2) is 24.7 Å². The summed E-state index contributed by atoms with van der Waals surface area (Å²) < 4.78 is 5.09. The van der Waals surface area contributed by atoms with E-state index in [0.717, 1.165) is 0 Å². The third-order valence-electron chi connectivity index (χ3n) is 1.22. The van der Waals surface area contributed by atoms with E-state index in [9.17, 15) is 4.79 Å². The minimum atomic E-state index is -0.157. The summed E-state index contributed by atoms with van der Waals surface area (Å²) in [5.74, 6) is 0.0246. The molecule has 0 aliphatic heterocycles. The lowest BCUT2D eigenvalue weighted by molar-refractivity contribution is -0.123. The number of carbonyl (C=O) groups excluding carboxylic acids is 1. The monoisotopic (exact) mass is 185 g/mol. The molecule has 0 atom stereocenters. The summed E-state index contributed by atoms with van der Waals surface area (Å²) in [5, 5.41) is 2.85. The Labute approximate surface area is 80.2 Å². The molecular formula is C10H19NO2. The van der Waals surface area contributed by atoms with E-state index in [2.05, 4.69) is 11.9 Å². The van der Waals surface area contributed by atoms with Gasteiger partial charge in [-0.25, -0.2) is 0 Å². The van der Waals surface area contributed by atoms with Crippen LogP contribution in [0, 0.1) is 0 Å². The molecule has 0 radical (unpaired) electrons. The van der Waals surface area contributed by atoms with Crippen LogP contribution in [0.25, 0.3) is 0 Å². The van der Waals surface area contributed by atoms with Crippen molar-refractivity contribution in [3.63, 3.8) is 0 Å². The van der Waals surface area contributed by atoms with Gasteiger partial charge in [-0.15, -0.1) is 6.58 Å². The van der Waals surface area contributed by atoms with Crippen molar-refractivity contribution in [1.82, 2.24) is 5.32 Å². The lowest BCUT2D eigenvalue weighted by Gasteiger charge is -2.20. The van der Waals surface area contributed by atoms with Crippen LogP contribution in [0.1, 0.15) is 27.2 Å². The molecular weight excluding hydrogens is 166 g/mol. The fraction of sp³-hybridized carbons (Fsp3) is 0.700. The molecule has 0 saturated carbocycles. The second-order valence-corrected chi connectivity index (χ2v) is 3.91. The number of ether oxygens (including phenoxy) is 1. The van der Waals surface area contributed by atoms with Crippen molar-refractivity contribution in [3.05, 3.63) is 12.7 Å². The molecule has 3 heteroatoms. The molecule has 76 valence electrons. The predicted molar refractivity (Wildman–Crippen MR) is 53.5 cm³/mol. The van der Waals surface area contributed by atoms with Crippen molar-refractivity contribution in [2.45, 2.75) is 32.7 Å². The molecule has 0 aromatic heterocycles. The highest BCUT2D eigenvalue weighted by molar-refractivity contribution is 5.76. The van der Waals surface area contributed by atoms with Gasteiger partial charge in [0, 0.05) is 12.0 Å². The Morgan fingerprint density at radius 1 is 1.54 bits per heavy atom. The Morgan fingerprint density at radius 3 is 2.62 bits per heavy atom. The van der Waals surface area contributed by atoms with E-state index in [1.165, 1.54) is 0 Å². The normalized spacial score (nSPS) is 11.0. The highest BCUT2D eigenvalue weighted by Gasteiger charge is 2.12. The SMILES string of the molecule is C=CCOCCC(=O)NC(C)(C)C. The van der Waals surface area contributed by atoms with Gasteiger partial charge in [0.1, 0.15) is 0 Å². The van der Waals surface area contributed by atoms with Gasteiger partial charge in [-0.05, 0) is 20.8 Å². The fourth-order valence-corrected chi connectivity index (χ4v) is 0.812. The lowest BCUT2D eigenvalue weighted by atomic mass is 10.1. The molecule has 0 bridgehead atoms. The predicted octanol–water partition coefficient (Wildman–Crippen LogP) is 1.49. The number of hydrogen-bond acceptors (Lipinski definition) is 2. The van der Waals surface area contributed by atoms with Gasteiger partial charge in [0.05, 0.1) is 13.2 Å². The van der Waals surface area contributed by atoms with Crippen molar-refractivity contribution in [1.29, 1.82) is 0 Å². The highest BCUT2D eigenvalue weighted by atomic mass is 16.5. The summed E-state index contributed by atoms with van der Waals surface area (Å²) in [5.41, 5.74) is -0.157. The second-order valence-electron chi connectivity index (χ2n) is 3.91. The van der Waals surface area contributed by atoms with E-state index >= 15 is 0 Å². The number of carbonyl (C=O) groups is 1. The zero-order valence-electron chi connectivity index (χ0n) is 8.72. The molecule has 0 unspecified atom stereocenters. The van der Waals surface area contributed by atoms with Crippen LogP contribution in [-0.2, 0) is 9.53 Å². The topological polar surface area (TPSA) is 38.3 Å². The van der Waals surface area contributed by atoms with Crippen molar-refractivity contribution in [2.24, 2.45) is 0 Å². The molecule has 3 nitrogen and oxygen atoms in total. The molecule has 13 heavy (non-hydrogen) atoms. The molecule has 1 N–H and O–H groups in total. The maximum atomic E-state index is 11.2. The first-order valence-electron chi connectivity index (χ1n) is 4.45. The van der Waals surface area contributed by atoms with E-state index in [1.54, 1.807) is 6.08 Å². The quantitative estimate of drug-likeness (QED) is 0.520. The van der Waals surface area contributed by atoms with E-state index in [-0.39, 0.29) is 11.4 Å². The average molecular weight is 185 g/mol. The lowest BCUT2D eigenvalue weighted by Crippen LogP contribution is -2.40. The third-order valence-corrected chi connectivity index (χ3v) is 1.22. The summed E-state index contributed by atoms with van der Waals surface area (Å²) >= 11 is 0. The molecule has 0 aliphatic carbocycles. The number of hydrogen-bond donors (Lipinski definition) is 1. The minimum Gasteiger partial charge on any atom is -0.377 e. The van der Waals surface area contributed by atoms with Crippen LogP contribution in [0.4, 0.5) is 0 Å². The fourth-order valence-electron chi connectivity index (χ4n) is 0.812. The van der Waals surface area contributed by atoms with Crippen LogP contribution in [0.5, 0.6) is 0 Å². The van der Waals surface area contributed by atoms with Crippen LogP contribution >= 0.6 is 0 Å². The first-order chi connectivity index (χ1) is 5.95. The zero-order valence-corrected chi connectivity index (χ0v) is 8.72. The molecule has 0 saturated heterocycles. The molecule has 0 aromatic carbocycles. The van der Waals surface area contributed by atoms with Crippen molar-refractivity contribution >= 4 is 5.91 Å². The van der Waals surface area contributed by atoms with Gasteiger partial charge in [0.15, 0.2) is 0 Å². The first kappa shape index (κ1) is 12.2. The molecule has 0 aliphatic rings. The summed E-state index contributed by atoms with van der Waals surface area (Å²) in [4.78, 5) is 11.2. The maximum Gasteiger partial charge on any atom is 0.222 e. The first-order valence-corrected chi connectivity index (χ1v) is 4.45. The average Bonchev–Trinajstić information content (AvgIpc) is 1.94. The van der Waals surface area contributed by atoms with E-state index in [0.29, 0.717) is 19.6 Å². The van der Waals surface area contributed by atoms with Gasteiger partial charge >= 0.3 is 0 Å². The Morgan fingerprint density at radius 2 is 2.15 bits per heavy atom. The zero-order chi connectivity index (χ0) is 10.3. The number of nitrogens with one attached hydrogen (secondary N) is 1. The summed E-state index contributed by atoms with van der Waals surface area (Å²) in [6, 6.07) is 0. The molecule has 0 heterocycles. The Hall–Kier alpha value is -0.830.